The van der Waals surface area contributed by atoms with Gasteiger partial charge in [0.15, 0.2) is 0 Å². The third kappa shape index (κ3) is 6.17. The van der Waals surface area contributed by atoms with E-state index in [9.17, 15) is 10.2 Å². The number of phenols is 2. The summed E-state index contributed by atoms with van der Waals surface area (Å²) in [6.07, 6.45) is 14.5. The van der Waals surface area contributed by atoms with E-state index in [1.807, 2.05) is 12.2 Å². The minimum absolute atomic E-state index is 0.143. The van der Waals surface area contributed by atoms with Crippen LogP contribution in [-0.4, -0.2) is 10.2 Å². The average Bonchev–Trinajstić information content (AvgIpc) is 2.90. The average molecular weight is 539 g/mol. The Kier molecular flexibility index (Phi) is 9.49. The predicted octanol–water partition coefficient (Wildman–Crippen LogP) is 10.4. The fourth-order valence-corrected chi connectivity index (χ4v) is 7.24. The zero-order valence-corrected chi connectivity index (χ0v) is 25.6. The molecule has 0 fully saturated rings. The fourth-order valence-electron chi connectivity index (χ4n) is 7.24. The van der Waals surface area contributed by atoms with Gasteiger partial charge in [-0.25, -0.2) is 0 Å². The zero-order chi connectivity index (χ0) is 29.1. The van der Waals surface area contributed by atoms with Crippen molar-refractivity contribution in [2.45, 2.75) is 91.9 Å². The number of aromatic hydroxyl groups is 2. The molecule has 0 aliphatic heterocycles. The molecule has 4 rings (SSSR count). The van der Waals surface area contributed by atoms with Crippen LogP contribution in [0.25, 0.3) is 11.1 Å². The van der Waals surface area contributed by atoms with Gasteiger partial charge in [-0.1, -0.05) is 75.3 Å². The molecule has 2 nitrogen and oxygen atoms in total. The molecular formula is C38H50O2. The van der Waals surface area contributed by atoms with E-state index in [0.717, 1.165) is 59.1 Å². The van der Waals surface area contributed by atoms with E-state index >= 15 is 0 Å². The molecule has 2 aliphatic carbocycles. The molecule has 2 heteroatoms. The number of hydrogen-bond donors (Lipinski definition) is 2. The van der Waals surface area contributed by atoms with Crippen molar-refractivity contribution in [3.8, 4) is 22.6 Å². The maximum Gasteiger partial charge on any atom is 0.127 e. The van der Waals surface area contributed by atoms with Crippen molar-refractivity contribution < 1.29 is 10.2 Å². The standard InChI is InChI=1S/C38H50O2/c1-9-11-27-19-33(31-17-25(7)13-15-29(31)23(3)4)37(39)35(21-27)36-22-28(12-10-2)20-34(38(36)40)32-18-26(8)14-16-30(32)24(5)6/h9-10,17-24,29-32,39-40H,1-2,11-16H2,3-8H3/t29-,30-,31+,32+/m1/s1. The smallest absolute Gasteiger partial charge is 0.127 e. The van der Waals surface area contributed by atoms with Crippen molar-refractivity contribution in [1.29, 1.82) is 0 Å². The van der Waals surface area contributed by atoms with Gasteiger partial charge in [-0.3, -0.25) is 0 Å². The Balaban J connectivity index is 1.98. The molecule has 4 atom stereocenters. The highest BCUT2D eigenvalue weighted by Gasteiger charge is 2.33. The molecule has 0 saturated carbocycles. The van der Waals surface area contributed by atoms with Gasteiger partial charge in [0, 0.05) is 34.1 Å². The van der Waals surface area contributed by atoms with Gasteiger partial charge in [-0.15, -0.1) is 13.2 Å². The van der Waals surface area contributed by atoms with Crippen LogP contribution in [-0.2, 0) is 12.8 Å². The van der Waals surface area contributed by atoms with Gasteiger partial charge in [0.2, 0.25) is 0 Å². The molecule has 0 saturated heterocycles. The summed E-state index contributed by atoms with van der Waals surface area (Å²) in [4.78, 5) is 0. The zero-order valence-electron chi connectivity index (χ0n) is 25.6. The highest BCUT2D eigenvalue weighted by Crippen LogP contribution is 2.50. The molecule has 0 spiro atoms. The van der Waals surface area contributed by atoms with Crippen LogP contribution in [0.1, 0.15) is 101 Å². The quantitative estimate of drug-likeness (QED) is 0.312. The molecule has 2 aliphatic rings. The molecular weight excluding hydrogens is 488 g/mol. The number of rotatable bonds is 9. The van der Waals surface area contributed by atoms with Crippen molar-refractivity contribution in [3.05, 3.63) is 95.1 Å². The Morgan fingerprint density at radius 1 is 0.700 bits per heavy atom. The first-order valence-electron chi connectivity index (χ1n) is 15.3. The minimum Gasteiger partial charge on any atom is -0.507 e. The molecule has 0 aromatic heterocycles. The number of hydrogen-bond acceptors (Lipinski definition) is 2. The second-order valence-electron chi connectivity index (χ2n) is 13.1. The molecule has 0 radical (unpaired) electrons. The topological polar surface area (TPSA) is 40.5 Å². The SMILES string of the molecule is C=CCc1cc(-c2cc(CC=C)cc([C@H]3C=C(C)CC[C@@H]3C(C)C)c2O)c(O)c([C@H]2C=C(C)CC[C@@H]2C(C)C)c1. The highest BCUT2D eigenvalue weighted by molar-refractivity contribution is 5.80. The van der Waals surface area contributed by atoms with Crippen molar-refractivity contribution in [2.24, 2.45) is 23.7 Å². The van der Waals surface area contributed by atoms with E-state index < -0.39 is 0 Å². The molecule has 2 N–H and O–H groups in total. The first kappa shape index (κ1) is 30.0. The second-order valence-corrected chi connectivity index (χ2v) is 13.1. The maximum absolute atomic E-state index is 12.0. The van der Waals surface area contributed by atoms with Crippen LogP contribution in [0.3, 0.4) is 0 Å². The second kappa shape index (κ2) is 12.7. The highest BCUT2D eigenvalue weighted by atomic mass is 16.3. The van der Waals surface area contributed by atoms with E-state index in [1.54, 1.807) is 0 Å². The fraction of sp³-hybridized carbons (Fsp3) is 0.474. The lowest BCUT2D eigenvalue weighted by Gasteiger charge is -2.35. The molecule has 2 aromatic carbocycles. The van der Waals surface area contributed by atoms with Gasteiger partial charge in [-0.2, -0.15) is 0 Å². The first-order chi connectivity index (χ1) is 19.0. The van der Waals surface area contributed by atoms with Crippen molar-refractivity contribution in [3.63, 3.8) is 0 Å². The van der Waals surface area contributed by atoms with Crippen LogP contribution < -0.4 is 0 Å². The Hall–Kier alpha value is -3.00. The van der Waals surface area contributed by atoms with E-state index in [4.69, 9.17) is 0 Å². The van der Waals surface area contributed by atoms with Crippen molar-refractivity contribution in [2.75, 3.05) is 0 Å². The van der Waals surface area contributed by atoms with E-state index in [1.165, 1.54) is 11.1 Å². The summed E-state index contributed by atoms with van der Waals surface area (Å²) in [5.74, 6) is 2.80. The van der Waals surface area contributed by atoms with Gasteiger partial charge in [0.25, 0.3) is 0 Å². The lowest BCUT2D eigenvalue weighted by Crippen LogP contribution is -2.21. The van der Waals surface area contributed by atoms with E-state index in [2.05, 4.69) is 91.1 Å². The molecule has 0 bridgehead atoms. The largest absolute Gasteiger partial charge is 0.507 e. The van der Waals surface area contributed by atoms with Gasteiger partial charge < -0.3 is 10.2 Å². The van der Waals surface area contributed by atoms with Crippen LogP contribution in [0, 0.1) is 23.7 Å². The number of allylic oxidation sites excluding steroid dienone is 6. The number of phenolic OH excluding ortho intramolecular Hbond substituents is 2. The molecule has 40 heavy (non-hydrogen) atoms. The van der Waals surface area contributed by atoms with Crippen LogP contribution in [0.15, 0.2) is 72.9 Å². The Labute approximate surface area is 243 Å². The summed E-state index contributed by atoms with van der Waals surface area (Å²) in [6, 6.07) is 8.46. The summed E-state index contributed by atoms with van der Waals surface area (Å²) >= 11 is 0. The summed E-state index contributed by atoms with van der Waals surface area (Å²) in [7, 11) is 0. The van der Waals surface area contributed by atoms with E-state index in [0.29, 0.717) is 48.0 Å². The molecule has 0 heterocycles. The minimum atomic E-state index is 0.143. The van der Waals surface area contributed by atoms with Crippen molar-refractivity contribution >= 4 is 0 Å². The summed E-state index contributed by atoms with van der Waals surface area (Å²) in [5, 5.41) is 24.0. The monoisotopic (exact) mass is 538 g/mol. The maximum atomic E-state index is 12.0. The molecule has 2 aromatic rings. The number of benzene rings is 2. The first-order valence-corrected chi connectivity index (χ1v) is 15.3. The van der Waals surface area contributed by atoms with E-state index in [-0.39, 0.29) is 11.8 Å². The Morgan fingerprint density at radius 2 is 1.07 bits per heavy atom. The summed E-state index contributed by atoms with van der Waals surface area (Å²) in [5.41, 5.74) is 8.36. The lowest BCUT2D eigenvalue weighted by molar-refractivity contribution is 0.309. The molecule has 0 unspecified atom stereocenters. The van der Waals surface area contributed by atoms with Gasteiger partial charge in [0.05, 0.1) is 0 Å². The Bertz CT molecular complexity index is 1200. The van der Waals surface area contributed by atoms with Crippen LogP contribution in [0.4, 0.5) is 0 Å². The van der Waals surface area contributed by atoms with Gasteiger partial charge in [-0.05, 0) is 99.3 Å². The van der Waals surface area contributed by atoms with Gasteiger partial charge in [0.1, 0.15) is 11.5 Å². The van der Waals surface area contributed by atoms with Crippen LogP contribution in [0.2, 0.25) is 0 Å². The van der Waals surface area contributed by atoms with Crippen LogP contribution in [0.5, 0.6) is 11.5 Å². The van der Waals surface area contributed by atoms with Crippen LogP contribution >= 0.6 is 0 Å². The van der Waals surface area contributed by atoms with Gasteiger partial charge >= 0.3 is 0 Å². The molecule has 214 valence electrons. The predicted molar refractivity (Wildman–Crippen MR) is 171 cm³/mol. The van der Waals surface area contributed by atoms with Crippen molar-refractivity contribution in [1.82, 2.24) is 0 Å². The normalized spacial score (nSPS) is 23.2. The molecule has 0 amide bonds. The Morgan fingerprint density at radius 3 is 1.40 bits per heavy atom. The summed E-state index contributed by atoms with van der Waals surface area (Å²) in [6.45, 7) is 21.6. The lowest BCUT2D eigenvalue weighted by atomic mass is 9.70. The third-order valence-corrected chi connectivity index (χ3v) is 9.47. The third-order valence-electron chi connectivity index (χ3n) is 9.47. The summed E-state index contributed by atoms with van der Waals surface area (Å²) < 4.78 is 0.